The van der Waals surface area contributed by atoms with Gasteiger partial charge in [-0.3, -0.25) is 5.10 Å². The number of nitrogens with one attached hydrogen (secondary N) is 2. The van der Waals surface area contributed by atoms with E-state index in [9.17, 15) is 4.79 Å². The van der Waals surface area contributed by atoms with Crippen molar-refractivity contribution < 1.29 is 9.90 Å². The van der Waals surface area contributed by atoms with Crippen molar-refractivity contribution >= 4 is 27.9 Å². The fraction of sp³-hybridized carbons (Fsp3) is 0.0909. The van der Waals surface area contributed by atoms with Gasteiger partial charge in [0.15, 0.2) is 11.3 Å². The van der Waals surface area contributed by atoms with Crippen LogP contribution in [0.15, 0.2) is 18.2 Å². The number of hydrogen-bond acceptors (Lipinski definition) is 2. The second-order valence-electron chi connectivity index (χ2n) is 3.75. The Hall–Kier alpha value is -2.30. The molecule has 0 spiro atoms. The minimum atomic E-state index is -0.995. The molecule has 16 heavy (non-hydrogen) atoms. The van der Waals surface area contributed by atoms with Gasteiger partial charge in [-0.05, 0) is 12.5 Å². The molecule has 2 aromatic heterocycles. The lowest BCUT2D eigenvalue weighted by Gasteiger charge is -1.95. The number of aromatic nitrogens is 3. The van der Waals surface area contributed by atoms with Crippen LogP contribution in [0.25, 0.3) is 21.9 Å². The lowest BCUT2D eigenvalue weighted by molar-refractivity contribution is 0.0692. The number of carbonyl (C=O) groups is 1. The third-order valence-corrected chi connectivity index (χ3v) is 2.77. The van der Waals surface area contributed by atoms with Gasteiger partial charge in [0.25, 0.3) is 0 Å². The van der Waals surface area contributed by atoms with E-state index in [2.05, 4.69) is 15.2 Å². The monoisotopic (exact) mass is 215 g/mol. The van der Waals surface area contributed by atoms with Gasteiger partial charge in [0.05, 0.1) is 10.9 Å². The fourth-order valence-electron chi connectivity index (χ4n) is 2.01. The summed E-state index contributed by atoms with van der Waals surface area (Å²) in [5.74, 6) is -0.995. The van der Waals surface area contributed by atoms with Crippen LogP contribution in [0.2, 0.25) is 0 Å². The molecule has 0 aliphatic carbocycles. The molecule has 3 N–H and O–H groups in total. The van der Waals surface area contributed by atoms with E-state index in [4.69, 9.17) is 5.11 Å². The second-order valence-corrected chi connectivity index (χ2v) is 3.75. The summed E-state index contributed by atoms with van der Waals surface area (Å²) >= 11 is 0. The average molecular weight is 215 g/mol. The lowest BCUT2D eigenvalue weighted by atomic mass is 10.1. The number of rotatable bonds is 1. The van der Waals surface area contributed by atoms with E-state index < -0.39 is 5.97 Å². The van der Waals surface area contributed by atoms with Crippen molar-refractivity contribution in [3.63, 3.8) is 0 Å². The smallest absolute Gasteiger partial charge is 0.354 e. The summed E-state index contributed by atoms with van der Waals surface area (Å²) in [4.78, 5) is 14.1. The molecule has 5 heteroatoms. The van der Waals surface area contributed by atoms with Crippen LogP contribution in [0, 0.1) is 6.92 Å². The predicted molar refractivity (Wildman–Crippen MR) is 59.6 cm³/mol. The summed E-state index contributed by atoms with van der Waals surface area (Å²) in [6.45, 7) is 1.97. The standard InChI is InChI=1S/C11H9N3O2/c1-5-3-2-4-6-7-9(11(15)16)13-14-10(7)12-8(5)6/h2-4H,1H3,(H,15,16)(H2,12,13,14). The fourth-order valence-corrected chi connectivity index (χ4v) is 2.01. The molecule has 0 radical (unpaired) electrons. The molecule has 0 atom stereocenters. The maximum atomic E-state index is 11.0. The third kappa shape index (κ3) is 0.995. The van der Waals surface area contributed by atoms with Gasteiger partial charge in [-0.2, -0.15) is 5.10 Å². The number of para-hydroxylation sites is 1. The van der Waals surface area contributed by atoms with E-state index in [1.165, 1.54) is 0 Å². The summed E-state index contributed by atoms with van der Waals surface area (Å²) in [5, 5.41) is 17.0. The number of benzene rings is 1. The summed E-state index contributed by atoms with van der Waals surface area (Å²) in [7, 11) is 0. The Balaban J connectivity index is 2.55. The van der Waals surface area contributed by atoms with Crippen LogP contribution < -0.4 is 0 Å². The van der Waals surface area contributed by atoms with Gasteiger partial charge in [0.2, 0.25) is 0 Å². The van der Waals surface area contributed by atoms with Gasteiger partial charge in [0.1, 0.15) is 0 Å². The first-order valence-corrected chi connectivity index (χ1v) is 4.87. The number of hydrogen-bond donors (Lipinski definition) is 3. The largest absolute Gasteiger partial charge is 0.477 e. The molecule has 1 aromatic carbocycles. The highest BCUT2D eigenvalue weighted by molar-refractivity contribution is 6.14. The molecule has 3 aromatic rings. The topological polar surface area (TPSA) is 81.8 Å². The number of nitrogens with zero attached hydrogens (tertiary/aromatic N) is 1. The number of carboxylic acids is 1. The minimum Gasteiger partial charge on any atom is -0.477 e. The zero-order chi connectivity index (χ0) is 11.3. The van der Waals surface area contributed by atoms with E-state index in [1.807, 2.05) is 25.1 Å². The minimum absolute atomic E-state index is 0.131. The van der Waals surface area contributed by atoms with E-state index >= 15 is 0 Å². The molecule has 80 valence electrons. The highest BCUT2D eigenvalue weighted by Gasteiger charge is 2.17. The Morgan fingerprint density at radius 2 is 2.25 bits per heavy atom. The number of aryl methyl sites for hydroxylation is 1. The Morgan fingerprint density at radius 3 is 3.00 bits per heavy atom. The molecule has 0 amide bonds. The summed E-state index contributed by atoms with van der Waals surface area (Å²) in [6, 6.07) is 5.77. The van der Waals surface area contributed by atoms with Crippen molar-refractivity contribution in [2.45, 2.75) is 6.92 Å². The molecule has 2 heterocycles. The molecule has 0 saturated carbocycles. The number of H-pyrrole nitrogens is 2. The van der Waals surface area contributed by atoms with Gasteiger partial charge >= 0.3 is 5.97 Å². The van der Waals surface area contributed by atoms with Gasteiger partial charge < -0.3 is 10.1 Å². The van der Waals surface area contributed by atoms with Crippen molar-refractivity contribution in [2.24, 2.45) is 0 Å². The zero-order valence-electron chi connectivity index (χ0n) is 8.53. The van der Waals surface area contributed by atoms with E-state index in [0.29, 0.717) is 11.0 Å². The Kier molecular flexibility index (Phi) is 1.60. The highest BCUT2D eigenvalue weighted by Crippen LogP contribution is 2.28. The van der Waals surface area contributed by atoms with Crippen LogP contribution >= 0.6 is 0 Å². The maximum absolute atomic E-state index is 11.0. The van der Waals surface area contributed by atoms with Crippen LogP contribution in [0.5, 0.6) is 0 Å². The van der Waals surface area contributed by atoms with Crippen LogP contribution in [-0.4, -0.2) is 26.3 Å². The lowest BCUT2D eigenvalue weighted by Crippen LogP contribution is -1.96. The van der Waals surface area contributed by atoms with Crippen molar-refractivity contribution in [1.29, 1.82) is 0 Å². The number of aromatic carboxylic acids is 1. The van der Waals surface area contributed by atoms with Crippen molar-refractivity contribution in [3.8, 4) is 0 Å². The van der Waals surface area contributed by atoms with Crippen LogP contribution in [0.1, 0.15) is 16.1 Å². The predicted octanol–water partition coefficient (Wildman–Crippen LogP) is 2.05. The highest BCUT2D eigenvalue weighted by atomic mass is 16.4. The molecular weight excluding hydrogens is 206 g/mol. The summed E-state index contributed by atoms with van der Waals surface area (Å²) < 4.78 is 0. The first-order chi connectivity index (χ1) is 7.68. The average Bonchev–Trinajstić information content (AvgIpc) is 2.77. The summed E-state index contributed by atoms with van der Waals surface area (Å²) in [6.07, 6.45) is 0. The molecule has 0 unspecified atom stereocenters. The van der Waals surface area contributed by atoms with E-state index in [-0.39, 0.29) is 5.69 Å². The van der Waals surface area contributed by atoms with Crippen LogP contribution in [0.3, 0.4) is 0 Å². The Labute approximate surface area is 90.1 Å². The van der Waals surface area contributed by atoms with Crippen molar-refractivity contribution in [1.82, 2.24) is 15.2 Å². The maximum Gasteiger partial charge on any atom is 0.354 e. The molecule has 0 aliphatic heterocycles. The van der Waals surface area contributed by atoms with Crippen molar-refractivity contribution in [3.05, 3.63) is 29.5 Å². The number of fused-ring (bicyclic) bond motifs is 3. The first kappa shape index (κ1) is 8.96. The second kappa shape index (κ2) is 2.85. The quantitative estimate of drug-likeness (QED) is 0.581. The molecular formula is C11H9N3O2. The van der Waals surface area contributed by atoms with Crippen molar-refractivity contribution in [2.75, 3.05) is 0 Å². The van der Waals surface area contributed by atoms with Crippen LogP contribution in [-0.2, 0) is 0 Å². The van der Waals surface area contributed by atoms with E-state index in [1.54, 1.807) is 0 Å². The van der Waals surface area contributed by atoms with Gasteiger partial charge in [-0.25, -0.2) is 4.79 Å². The van der Waals surface area contributed by atoms with Gasteiger partial charge in [-0.15, -0.1) is 0 Å². The normalized spacial score (nSPS) is 11.3. The molecule has 3 rings (SSSR count). The molecule has 5 nitrogen and oxygen atoms in total. The zero-order valence-corrected chi connectivity index (χ0v) is 8.53. The van der Waals surface area contributed by atoms with Gasteiger partial charge in [0, 0.05) is 5.39 Å². The SMILES string of the molecule is Cc1cccc2c1[nH]c1n[nH]c(C(=O)O)c12. The molecule has 0 fully saturated rings. The molecule has 0 aliphatic rings. The molecule has 0 saturated heterocycles. The first-order valence-electron chi connectivity index (χ1n) is 4.87. The number of carboxylic acid groups (broad SMARTS) is 1. The Bertz CT molecular complexity index is 708. The van der Waals surface area contributed by atoms with E-state index in [0.717, 1.165) is 16.5 Å². The number of aromatic amines is 2. The third-order valence-electron chi connectivity index (χ3n) is 2.77. The Morgan fingerprint density at radius 1 is 1.44 bits per heavy atom. The summed E-state index contributed by atoms with van der Waals surface area (Å²) in [5.41, 5.74) is 2.73. The molecule has 0 bridgehead atoms. The van der Waals surface area contributed by atoms with Crippen LogP contribution in [0.4, 0.5) is 0 Å². The van der Waals surface area contributed by atoms with Gasteiger partial charge in [-0.1, -0.05) is 18.2 Å².